The number of nitrogens with two attached hydrogens (primary N) is 1. The van der Waals surface area contributed by atoms with Crippen LogP contribution in [-0.4, -0.2) is 31.2 Å². The molecular weight excluding hydrogens is 228 g/mol. The Morgan fingerprint density at radius 1 is 1.39 bits per heavy atom. The summed E-state index contributed by atoms with van der Waals surface area (Å²) in [7, 11) is 0. The van der Waals surface area contributed by atoms with E-state index in [2.05, 4.69) is 5.32 Å². The SMILES string of the molecule is CC(C)(C)[C@H](N)C(=O)NCCCOC1CCCC1. The third-order valence-corrected chi connectivity index (χ3v) is 3.49. The molecule has 1 atom stereocenters. The summed E-state index contributed by atoms with van der Waals surface area (Å²) in [5.74, 6) is -0.0663. The van der Waals surface area contributed by atoms with Crippen molar-refractivity contribution in [3.8, 4) is 0 Å². The fraction of sp³-hybridized carbons (Fsp3) is 0.929. The summed E-state index contributed by atoms with van der Waals surface area (Å²) < 4.78 is 5.73. The van der Waals surface area contributed by atoms with Crippen LogP contribution in [0.5, 0.6) is 0 Å². The Morgan fingerprint density at radius 3 is 2.56 bits per heavy atom. The zero-order chi connectivity index (χ0) is 13.6. The molecule has 1 aliphatic carbocycles. The minimum atomic E-state index is -0.451. The lowest BCUT2D eigenvalue weighted by Gasteiger charge is -2.25. The summed E-state index contributed by atoms with van der Waals surface area (Å²) in [6.45, 7) is 7.30. The van der Waals surface area contributed by atoms with Crippen molar-refractivity contribution in [2.45, 2.75) is 65.0 Å². The van der Waals surface area contributed by atoms with Crippen LogP contribution in [0.4, 0.5) is 0 Å². The van der Waals surface area contributed by atoms with Crippen molar-refractivity contribution in [2.24, 2.45) is 11.1 Å². The second-order valence-electron chi connectivity index (χ2n) is 6.27. The zero-order valence-electron chi connectivity index (χ0n) is 12.0. The number of amides is 1. The minimum absolute atomic E-state index is 0.0663. The molecular formula is C14H28N2O2. The molecule has 3 N–H and O–H groups in total. The third kappa shape index (κ3) is 5.36. The first kappa shape index (κ1) is 15.4. The molecule has 0 aromatic heterocycles. The van der Waals surface area contributed by atoms with Crippen LogP contribution in [0.2, 0.25) is 0 Å². The monoisotopic (exact) mass is 256 g/mol. The highest BCUT2D eigenvalue weighted by Crippen LogP contribution is 2.20. The summed E-state index contributed by atoms with van der Waals surface area (Å²) in [5, 5.41) is 2.87. The maximum Gasteiger partial charge on any atom is 0.237 e. The summed E-state index contributed by atoms with van der Waals surface area (Å²) >= 11 is 0. The van der Waals surface area contributed by atoms with Gasteiger partial charge in [0.25, 0.3) is 0 Å². The second kappa shape index (κ2) is 7.10. The van der Waals surface area contributed by atoms with Crippen LogP contribution in [0, 0.1) is 5.41 Å². The normalized spacial score (nSPS) is 18.9. The highest BCUT2D eigenvalue weighted by atomic mass is 16.5. The van der Waals surface area contributed by atoms with E-state index in [9.17, 15) is 4.79 Å². The average Bonchev–Trinajstić information content (AvgIpc) is 2.79. The van der Waals surface area contributed by atoms with Gasteiger partial charge in [-0.1, -0.05) is 33.6 Å². The molecule has 18 heavy (non-hydrogen) atoms. The van der Waals surface area contributed by atoms with Crippen LogP contribution in [0.15, 0.2) is 0 Å². The number of hydrogen-bond donors (Lipinski definition) is 2. The Kier molecular flexibility index (Phi) is 6.09. The molecule has 0 aromatic rings. The number of nitrogens with one attached hydrogen (secondary N) is 1. The van der Waals surface area contributed by atoms with Gasteiger partial charge in [-0.2, -0.15) is 0 Å². The molecule has 1 fully saturated rings. The topological polar surface area (TPSA) is 64.4 Å². The first-order valence-electron chi connectivity index (χ1n) is 7.06. The number of ether oxygens (including phenoxy) is 1. The standard InChI is InChI=1S/C14H28N2O2/c1-14(2,3)12(15)13(17)16-9-6-10-18-11-7-4-5-8-11/h11-12H,4-10,15H2,1-3H3,(H,16,17)/t12-/m1/s1. The van der Waals surface area contributed by atoms with Gasteiger partial charge in [0, 0.05) is 13.2 Å². The van der Waals surface area contributed by atoms with E-state index >= 15 is 0 Å². The van der Waals surface area contributed by atoms with Crippen LogP contribution >= 0.6 is 0 Å². The van der Waals surface area contributed by atoms with Crippen molar-refractivity contribution >= 4 is 5.91 Å². The van der Waals surface area contributed by atoms with Gasteiger partial charge in [-0.05, 0) is 24.7 Å². The van der Waals surface area contributed by atoms with Crippen LogP contribution in [0.3, 0.4) is 0 Å². The fourth-order valence-electron chi connectivity index (χ4n) is 2.09. The maximum absolute atomic E-state index is 11.7. The molecule has 1 saturated carbocycles. The molecule has 1 amide bonds. The number of carbonyl (C=O) groups is 1. The third-order valence-electron chi connectivity index (χ3n) is 3.49. The number of carbonyl (C=O) groups excluding carboxylic acids is 1. The fourth-order valence-corrected chi connectivity index (χ4v) is 2.09. The van der Waals surface area contributed by atoms with E-state index in [0.29, 0.717) is 12.6 Å². The van der Waals surface area contributed by atoms with E-state index < -0.39 is 6.04 Å². The van der Waals surface area contributed by atoms with Gasteiger partial charge in [-0.15, -0.1) is 0 Å². The largest absolute Gasteiger partial charge is 0.378 e. The highest BCUT2D eigenvalue weighted by molar-refractivity contribution is 5.82. The second-order valence-corrected chi connectivity index (χ2v) is 6.27. The van der Waals surface area contributed by atoms with E-state index in [1.54, 1.807) is 0 Å². The molecule has 4 heteroatoms. The van der Waals surface area contributed by atoms with Crippen molar-refractivity contribution in [1.29, 1.82) is 0 Å². The predicted molar refractivity (Wildman–Crippen MR) is 73.3 cm³/mol. The van der Waals surface area contributed by atoms with Gasteiger partial charge in [-0.25, -0.2) is 0 Å². The quantitative estimate of drug-likeness (QED) is 0.713. The van der Waals surface area contributed by atoms with Gasteiger partial charge in [0.15, 0.2) is 0 Å². The smallest absolute Gasteiger partial charge is 0.237 e. The summed E-state index contributed by atoms with van der Waals surface area (Å²) in [6.07, 6.45) is 6.29. The molecule has 1 aliphatic rings. The van der Waals surface area contributed by atoms with Gasteiger partial charge in [0.1, 0.15) is 0 Å². The first-order valence-corrected chi connectivity index (χ1v) is 7.06. The molecule has 0 unspecified atom stereocenters. The molecule has 0 bridgehead atoms. The van der Waals surface area contributed by atoms with Crippen molar-refractivity contribution in [3.05, 3.63) is 0 Å². The molecule has 0 heterocycles. The number of hydrogen-bond acceptors (Lipinski definition) is 3. The van der Waals surface area contributed by atoms with Crippen LogP contribution < -0.4 is 11.1 Å². The number of rotatable bonds is 6. The van der Waals surface area contributed by atoms with Crippen molar-refractivity contribution in [2.75, 3.05) is 13.2 Å². The molecule has 1 rings (SSSR count). The molecule has 0 aliphatic heterocycles. The summed E-state index contributed by atoms with van der Waals surface area (Å²) in [4.78, 5) is 11.7. The van der Waals surface area contributed by atoms with E-state index in [4.69, 9.17) is 10.5 Å². The Balaban J connectivity index is 2.05. The van der Waals surface area contributed by atoms with E-state index in [1.807, 2.05) is 20.8 Å². The van der Waals surface area contributed by atoms with Crippen molar-refractivity contribution < 1.29 is 9.53 Å². The predicted octanol–water partition coefficient (Wildman–Crippen LogP) is 1.83. The minimum Gasteiger partial charge on any atom is -0.378 e. The van der Waals surface area contributed by atoms with E-state index in [-0.39, 0.29) is 11.3 Å². The molecule has 106 valence electrons. The van der Waals surface area contributed by atoms with Gasteiger partial charge >= 0.3 is 0 Å². The van der Waals surface area contributed by atoms with Crippen LogP contribution in [0.1, 0.15) is 52.9 Å². The van der Waals surface area contributed by atoms with Crippen LogP contribution in [-0.2, 0) is 9.53 Å². The van der Waals surface area contributed by atoms with Crippen molar-refractivity contribution in [1.82, 2.24) is 5.32 Å². The lowest BCUT2D eigenvalue weighted by Crippen LogP contribution is -2.48. The molecule has 0 aromatic carbocycles. The van der Waals surface area contributed by atoms with Gasteiger partial charge < -0.3 is 15.8 Å². The Bertz CT molecular complexity index is 255. The zero-order valence-corrected chi connectivity index (χ0v) is 12.0. The highest BCUT2D eigenvalue weighted by Gasteiger charge is 2.26. The van der Waals surface area contributed by atoms with Gasteiger partial charge in [0.2, 0.25) is 5.91 Å². The van der Waals surface area contributed by atoms with E-state index in [1.165, 1.54) is 25.7 Å². The average molecular weight is 256 g/mol. The Morgan fingerprint density at radius 2 is 2.00 bits per heavy atom. The molecule has 0 saturated heterocycles. The molecule has 4 nitrogen and oxygen atoms in total. The van der Waals surface area contributed by atoms with Gasteiger partial charge in [-0.3, -0.25) is 4.79 Å². The lowest BCUT2D eigenvalue weighted by atomic mass is 9.87. The Hall–Kier alpha value is -0.610. The lowest BCUT2D eigenvalue weighted by molar-refractivity contribution is -0.124. The van der Waals surface area contributed by atoms with E-state index in [0.717, 1.165) is 13.0 Å². The van der Waals surface area contributed by atoms with Crippen LogP contribution in [0.25, 0.3) is 0 Å². The summed E-state index contributed by atoms with van der Waals surface area (Å²) in [5.41, 5.74) is 5.68. The molecule has 0 spiro atoms. The Labute approximate surface area is 111 Å². The summed E-state index contributed by atoms with van der Waals surface area (Å²) in [6, 6.07) is -0.451. The first-order chi connectivity index (χ1) is 8.41. The van der Waals surface area contributed by atoms with Gasteiger partial charge in [0.05, 0.1) is 12.1 Å². The molecule has 0 radical (unpaired) electrons. The van der Waals surface area contributed by atoms with Crippen molar-refractivity contribution in [3.63, 3.8) is 0 Å². The maximum atomic E-state index is 11.7.